The Balaban J connectivity index is 1.88. The number of likely N-dealkylation sites (tertiary alicyclic amines) is 1. The standard InChI is InChI=1S/C17H18FNO2/c18-14-6-5-13(3-1-2-8-20)16(10-14)17(21)19-11-12-4-7-15(19)9-12/h5-6,10,12,15,20H,2,4,7-9,11H2. The van der Waals surface area contributed by atoms with Gasteiger partial charge in [-0.15, -0.1) is 0 Å². The summed E-state index contributed by atoms with van der Waals surface area (Å²) in [6.45, 7) is 0.761. The Bertz CT molecular complexity index is 617. The molecule has 1 saturated carbocycles. The summed E-state index contributed by atoms with van der Waals surface area (Å²) >= 11 is 0. The number of nitrogens with zero attached hydrogens (tertiary/aromatic N) is 1. The van der Waals surface area contributed by atoms with Gasteiger partial charge in [-0.3, -0.25) is 4.79 Å². The van der Waals surface area contributed by atoms with Crippen LogP contribution in [0, 0.1) is 23.6 Å². The minimum atomic E-state index is -0.421. The number of halogens is 1. The van der Waals surface area contributed by atoms with Crippen LogP contribution >= 0.6 is 0 Å². The molecule has 1 aliphatic carbocycles. The minimum Gasteiger partial charge on any atom is -0.395 e. The van der Waals surface area contributed by atoms with Crippen molar-refractivity contribution in [2.24, 2.45) is 5.92 Å². The van der Waals surface area contributed by atoms with Gasteiger partial charge in [0.25, 0.3) is 5.91 Å². The highest BCUT2D eigenvalue weighted by atomic mass is 19.1. The number of rotatable bonds is 2. The number of carbonyl (C=O) groups is 1. The minimum absolute atomic E-state index is 0.0205. The van der Waals surface area contributed by atoms with Crippen LogP contribution in [0.15, 0.2) is 18.2 Å². The molecule has 2 fully saturated rings. The molecule has 0 spiro atoms. The number of amides is 1. The molecule has 2 atom stereocenters. The van der Waals surface area contributed by atoms with Crippen LogP contribution in [-0.2, 0) is 0 Å². The normalized spacial score (nSPS) is 23.0. The highest BCUT2D eigenvalue weighted by Gasteiger charge is 2.40. The molecule has 1 N–H and O–H groups in total. The summed E-state index contributed by atoms with van der Waals surface area (Å²) in [6.07, 6.45) is 3.67. The van der Waals surface area contributed by atoms with Crippen LogP contribution in [0.1, 0.15) is 41.6 Å². The van der Waals surface area contributed by atoms with Crippen LogP contribution in [0.4, 0.5) is 4.39 Å². The van der Waals surface area contributed by atoms with E-state index in [1.807, 2.05) is 4.90 Å². The van der Waals surface area contributed by atoms with Crippen LogP contribution in [-0.4, -0.2) is 35.1 Å². The van der Waals surface area contributed by atoms with E-state index in [1.165, 1.54) is 18.6 Å². The lowest BCUT2D eigenvalue weighted by molar-refractivity contribution is 0.0703. The van der Waals surface area contributed by atoms with E-state index in [9.17, 15) is 9.18 Å². The summed E-state index contributed by atoms with van der Waals surface area (Å²) in [6, 6.07) is 4.44. The molecule has 1 aliphatic heterocycles. The zero-order valence-corrected chi connectivity index (χ0v) is 11.8. The van der Waals surface area contributed by atoms with E-state index in [1.54, 1.807) is 6.07 Å². The van der Waals surface area contributed by atoms with Crippen molar-refractivity contribution in [1.29, 1.82) is 0 Å². The van der Waals surface area contributed by atoms with Crippen molar-refractivity contribution < 1.29 is 14.3 Å². The number of piperidine rings is 1. The fraction of sp³-hybridized carbons (Fsp3) is 0.471. The fourth-order valence-corrected chi connectivity index (χ4v) is 3.34. The summed E-state index contributed by atoms with van der Waals surface area (Å²) < 4.78 is 13.5. The molecule has 1 aromatic carbocycles. The molecule has 0 aromatic heterocycles. The summed E-state index contributed by atoms with van der Waals surface area (Å²) in [4.78, 5) is 14.6. The highest BCUT2D eigenvalue weighted by molar-refractivity contribution is 5.97. The molecule has 1 aromatic rings. The Morgan fingerprint density at radius 2 is 2.29 bits per heavy atom. The van der Waals surface area contributed by atoms with E-state index in [2.05, 4.69) is 11.8 Å². The van der Waals surface area contributed by atoms with Crippen molar-refractivity contribution in [3.8, 4) is 11.8 Å². The van der Waals surface area contributed by atoms with Gasteiger partial charge in [0.15, 0.2) is 0 Å². The van der Waals surface area contributed by atoms with Gasteiger partial charge >= 0.3 is 0 Å². The third-order valence-corrected chi connectivity index (χ3v) is 4.34. The number of hydrogen-bond acceptors (Lipinski definition) is 2. The number of aliphatic hydroxyl groups is 1. The lowest BCUT2D eigenvalue weighted by Crippen LogP contribution is -2.38. The Hall–Kier alpha value is -1.86. The van der Waals surface area contributed by atoms with Gasteiger partial charge in [0.2, 0.25) is 0 Å². The second kappa shape index (κ2) is 5.87. The second-order valence-electron chi connectivity index (χ2n) is 5.76. The van der Waals surface area contributed by atoms with Crippen LogP contribution in [0.3, 0.4) is 0 Å². The van der Waals surface area contributed by atoms with Crippen LogP contribution < -0.4 is 0 Å². The molecule has 1 saturated heterocycles. The largest absolute Gasteiger partial charge is 0.395 e. The van der Waals surface area contributed by atoms with Gasteiger partial charge in [0, 0.05) is 24.6 Å². The molecular formula is C17H18FNO2. The molecule has 4 heteroatoms. The molecule has 1 heterocycles. The van der Waals surface area contributed by atoms with Crippen molar-refractivity contribution in [1.82, 2.24) is 4.90 Å². The molecule has 2 aliphatic rings. The maximum absolute atomic E-state index is 13.5. The molecule has 0 radical (unpaired) electrons. The van der Waals surface area contributed by atoms with E-state index < -0.39 is 5.82 Å². The Morgan fingerprint density at radius 1 is 1.43 bits per heavy atom. The van der Waals surface area contributed by atoms with Gasteiger partial charge in [-0.2, -0.15) is 0 Å². The lowest BCUT2D eigenvalue weighted by Gasteiger charge is -2.27. The monoisotopic (exact) mass is 287 g/mol. The quantitative estimate of drug-likeness (QED) is 0.847. The Kier molecular flexibility index (Phi) is 3.94. The Labute approximate surface area is 123 Å². The predicted molar refractivity (Wildman–Crippen MR) is 77.1 cm³/mol. The summed E-state index contributed by atoms with van der Waals surface area (Å²) in [5.74, 6) is 5.73. The van der Waals surface area contributed by atoms with Gasteiger partial charge < -0.3 is 10.0 Å². The van der Waals surface area contributed by atoms with E-state index in [4.69, 9.17) is 5.11 Å². The molecule has 3 rings (SSSR count). The first-order valence-corrected chi connectivity index (χ1v) is 7.39. The molecule has 3 nitrogen and oxygen atoms in total. The van der Waals surface area contributed by atoms with Gasteiger partial charge in [-0.25, -0.2) is 4.39 Å². The van der Waals surface area contributed by atoms with Crippen molar-refractivity contribution in [2.75, 3.05) is 13.2 Å². The zero-order chi connectivity index (χ0) is 14.8. The van der Waals surface area contributed by atoms with E-state index in [-0.39, 0.29) is 12.5 Å². The third-order valence-electron chi connectivity index (χ3n) is 4.34. The number of carbonyl (C=O) groups excluding carboxylic acids is 1. The van der Waals surface area contributed by atoms with Crippen molar-refractivity contribution in [2.45, 2.75) is 31.7 Å². The van der Waals surface area contributed by atoms with Gasteiger partial charge in [0.1, 0.15) is 5.82 Å². The topological polar surface area (TPSA) is 40.5 Å². The number of aliphatic hydroxyl groups excluding tert-OH is 1. The van der Waals surface area contributed by atoms with E-state index in [0.717, 1.165) is 19.4 Å². The highest BCUT2D eigenvalue weighted by Crippen LogP contribution is 2.38. The molecule has 2 bridgehead atoms. The van der Waals surface area contributed by atoms with Crippen molar-refractivity contribution in [3.05, 3.63) is 35.1 Å². The third kappa shape index (κ3) is 2.79. The molecular weight excluding hydrogens is 269 g/mol. The summed E-state index contributed by atoms with van der Waals surface area (Å²) in [5, 5.41) is 8.77. The predicted octanol–water partition coefficient (Wildman–Crippen LogP) is 2.18. The SMILES string of the molecule is O=C(c1cc(F)ccc1C#CCCO)N1CC2CCC1C2. The maximum Gasteiger partial charge on any atom is 0.255 e. The van der Waals surface area contributed by atoms with Gasteiger partial charge in [-0.1, -0.05) is 11.8 Å². The van der Waals surface area contributed by atoms with E-state index >= 15 is 0 Å². The fourth-order valence-electron chi connectivity index (χ4n) is 3.34. The first kappa shape index (κ1) is 14.1. The number of fused-ring (bicyclic) bond motifs is 2. The number of hydrogen-bond donors (Lipinski definition) is 1. The second-order valence-corrected chi connectivity index (χ2v) is 5.76. The zero-order valence-electron chi connectivity index (χ0n) is 11.8. The van der Waals surface area contributed by atoms with Crippen LogP contribution in [0.5, 0.6) is 0 Å². The lowest BCUT2D eigenvalue weighted by atomic mass is 10.0. The number of benzene rings is 1. The summed E-state index contributed by atoms with van der Waals surface area (Å²) in [5.41, 5.74) is 0.880. The molecule has 21 heavy (non-hydrogen) atoms. The van der Waals surface area contributed by atoms with Crippen LogP contribution in [0.25, 0.3) is 0 Å². The smallest absolute Gasteiger partial charge is 0.255 e. The summed E-state index contributed by atoms with van der Waals surface area (Å²) in [7, 11) is 0. The van der Waals surface area contributed by atoms with Gasteiger partial charge in [0.05, 0.1) is 12.2 Å². The Morgan fingerprint density at radius 3 is 2.95 bits per heavy atom. The van der Waals surface area contributed by atoms with Gasteiger partial charge in [-0.05, 0) is 43.4 Å². The van der Waals surface area contributed by atoms with Crippen molar-refractivity contribution in [3.63, 3.8) is 0 Å². The average molecular weight is 287 g/mol. The van der Waals surface area contributed by atoms with Crippen LogP contribution in [0.2, 0.25) is 0 Å². The average Bonchev–Trinajstić information content (AvgIpc) is 3.11. The molecule has 2 unspecified atom stereocenters. The first-order valence-electron chi connectivity index (χ1n) is 7.39. The first-order chi connectivity index (χ1) is 10.2. The molecule has 110 valence electrons. The van der Waals surface area contributed by atoms with E-state index in [0.29, 0.717) is 29.5 Å². The maximum atomic E-state index is 13.5. The van der Waals surface area contributed by atoms with Crippen molar-refractivity contribution >= 4 is 5.91 Å². The molecule has 1 amide bonds.